The monoisotopic (exact) mass is 297 g/mol. The van der Waals surface area contributed by atoms with E-state index >= 15 is 0 Å². The van der Waals surface area contributed by atoms with E-state index in [0.29, 0.717) is 0 Å². The van der Waals surface area contributed by atoms with Crippen LogP contribution in [0.1, 0.15) is 24.5 Å². The second-order valence-electron chi connectivity index (χ2n) is 6.64. The molecular formula is C17H19N3O2. The van der Waals surface area contributed by atoms with Crippen LogP contribution < -0.4 is 4.90 Å². The summed E-state index contributed by atoms with van der Waals surface area (Å²) in [5.41, 5.74) is 4.27. The average molecular weight is 297 g/mol. The molecule has 2 aliphatic heterocycles. The maximum absolute atomic E-state index is 12.1. The van der Waals surface area contributed by atoms with E-state index in [1.807, 2.05) is 26.1 Å². The first-order valence-electron chi connectivity index (χ1n) is 7.74. The number of benzene rings is 1. The maximum Gasteiger partial charge on any atom is 0.246 e. The predicted octanol–water partition coefficient (Wildman–Crippen LogP) is 1.65. The van der Waals surface area contributed by atoms with Gasteiger partial charge in [-0.25, -0.2) is 5.01 Å². The average Bonchev–Trinajstić information content (AvgIpc) is 3.29. The van der Waals surface area contributed by atoms with Crippen molar-refractivity contribution in [2.45, 2.75) is 19.8 Å². The van der Waals surface area contributed by atoms with Gasteiger partial charge < -0.3 is 4.90 Å². The first-order valence-corrected chi connectivity index (χ1v) is 7.74. The molecular weight excluding hydrogens is 278 g/mol. The zero-order valence-corrected chi connectivity index (χ0v) is 13.0. The van der Waals surface area contributed by atoms with Crippen LogP contribution in [0.4, 0.5) is 5.69 Å². The molecule has 3 unspecified atom stereocenters. The molecule has 1 aliphatic carbocycles. The van der Waals surface area contributed by atoms with Gasteiger partial charge in [-0.1, -0.05) is 13.0 Å². The largest absolute Gasteiger partial charge is 0.315 e. The van der Waals surface area contributed by atoms with Crippen molar-refractivity contribution in [3.8, 4) is 0 Å². The van der Waals surface area contributed by atoms with E-state index in [4.69, 9.17) is 0 Å². The smallest absolute Gasteiger partial charge is 0.246 e. The number of hydrogen-bond donors (Lipinski definition) is 0. The number of nitrogens with zero attached hydrogens (tertiary/aromatic N) is 3. The number of carbonyl (C=O) groups excluding carboxylic acids is 2. The van der Waals surface area contributed by atoms with Crippen LogP contribution >= 0.6 is 0 Å². The Balaban J connectivity index is 1.74. The molecule has 4 rings (SSSR count). The van der Waals surface area contributed by atoms with Crippen LogP contribution in [0, 0.1) is 17.8 Å². The molecule has 0 saturated heterocycles. The van der Waals surface area contributed by atoms with Gasteiger partial charge in [-0.05, 0) is 36.1 Å². The SMILES string of the molecule is CC1Cc2cc(C3=NN(C)C(=O)C4CC34)ccc2N(C)C1=O. The van der Waals surface area contributed by atoms with Crippen LogP contribution in [0.15, 0.2) is 23.3 Å². The van der Waals surface area contributed by atoms with E-state index in [0.717, 1.165) is 29.8 Å². The number of hydrazone groups is 1. The molecule has 1 aromatic rings. The highest BCUT2D eigenvalue weighted by atomic mass is 16.2. The Bertz CT molecular complexity index is 725. The fraction of sp³-hybridized carbons (Fsp3) is 0.471. The summed E-state index contributed by atoms with van der Waals surface area (Å²) in [6.45, 7) is 1.97. The Kier molecular flexibility index (Phi) is 2.71. The second-order valence-corrected chi connectivity index (χ2v) is 6.64. The molecule has 0 N–H and O–H groups in total. The Morgan fingerprint density at radius 3 is 2.68 bits per heavy atom. The van der Waals surface area contributed by atoms with E-state index in [1.54, 1.807) is 11.9 Å². The minimum atomic E-state index is 0.0129. The van der Waals surface area contributed by atoms with E-state index in [1.165, 1.54) is 10.6 Å². The van der Waals surface area contributed by atoms with Crippen molar-refractivity contribution in [1.82, 2.24) is 5.01 Å². The van der Waals surface area contributed by atoms with Crippen LogP contribution in [0.2, 0.25) is 0 Å². The number of hydrogen-bond acceptors (Lipinski definition) is 3. The fourth-order valence-electron chi connectivity index (χ4n) is 3.67. The van der Waals surface area contributed by atoms with Crippen molar-refractivity contribution in [2.24, 2.45) is 22.9 Å². The summed E-state index contributed by atoms with van der Waals surface area (Å²) in [5, 5.41) is 5.95. The number of carbonyl (C=O) groups is 2. The highest BCUT2D eigenvalue weighted by Crippen LogP contribution is 2.45. The van der Waals surface area contributed by atoms with Gasteiger partial charge in [0, 0.05) is 37.5 Å². The Labute approximate surface area is 129 Å². The van der Waals surface area contributed by atoms with Crippen molar-refractivity contribution in [1.29, 1.82) is 0 Å². The molecule has 0 spiro atoms. The molecule has 1 saturated carbocycles. The summed E-state index contributed by atoms with van der Waals surface area (Å²) in [7, 11) is 3.56. The molecule has 0 radical (unpaired) electrons. The second kappa shape index (κ2) is 4.41. The van der Waals surface area contributed by atoms with Crippen LogP contribution in [-0.2, 0) is 16.0 Å². The molecule has 1 aromatic carbocycles. The summed E-state index contributed by atoms with van der Waals surface area (Å²) in [6.07, 6.45) is 1.68. The van der Waals surface area contributed by atoms with Crippen LogP contribution in [0.5, 0.6) is 0 Å². The molecule has 22 heavy (non-hydrogen) atoms. The summed E-state index contributed by atoms with van der Waals surface area (Å²) >= 11 is 0. The third kappa shape index (κ3) is 1.81. The molecule has 5 nitrogen and oxygen atoms in total. The molecule has 1 fully saturated rings. The first-order chi connectivity index (χ1) is 10.5. The first kappa shape index (κ1) is 13.5. The van der Waals surface area contributed by atoms with Crippen molar-refractivity contribution >= 4 is 23.2 Å². The van der Waals surface area contributed by atoms with Gasteiger partial charge in [0.15, 0.2) is 0 Å². The maximum atomic E-state index is 12.1. The summed E-state index contributed by atoms with van der Waals surface area (Å²) < 4.78 is 0. The van der Waals surface area contributed by atoms with Crippen molar-refractivity contribution < 1.29 is 9.59 Å². The zero-order valence-electron chi connectivity index (χ0n) is 13.0. The van der Waals surface area contributed by atoms with Crippen molar-refractivity contribution in [2.75, 3.05) is 19.0 Å². The lowest BCUT2D eigenvalue weighted by Gasteiger charge is -2.30. The Morgan fingerprint density at radius 1 is 1.14 bits per heavy atom. The molecule has 2 amide bonds. The quantitative estimate of drug-likeness (QED) is 0.791. The van der Waals surface area contributed by atoms with E-state index < -0.39 is 0 Å². The minimum absolute atomic E-state index is 0.0129. The van der Waals surface area contributed by atoms with Gasteiger partial charge in [0.1, 0.15) is 0 Å². The number of amides is 2. The number of anilines is 1. The highest BCUT2D eigenvalue weighted by molar-refractivity contribution is 6.10. The lowest BCUT2D eigenvalue weighted by atomic mass is 9.90. The third-order valence-corrected chi connectivity index (χ3v) is 5.05. The van der Waals surface area contributed by atoms with Gasteiger partial charge in [0.05, 0.1) is 5.71 Å². The van der Waals surface area contributed by atoms with Gasteiger partial charge in [-0.2, -0.15) is 5.10 Å². The molecule has 3 atom stereocenters. The summed E-state index contributed by atoms with van der Waals surface area (Å²) in [4.78, 5) is 25.7. The highest BCUT2D eigenvalue weighted by Gasteiger charge is 2.51. The number of fused-ring (bicyclic) bond motifs is 2. The molecule has 0 aromatic heterocycles. The normalized spacial score (nSPS) is 30.0. The van der Waals surface area contributed by atoms with E-state index in [2.05, 4.69) is 11.2 Å². The van der Waals surface area contributed by atoms with Crippen LogP contribution in [0.3, 0.4) is 0 Å². The van der Waals surface area contributed by atoms with Crippen LogP contribution in [-0.4, -0.2) is 36.6 Å². The topological polar surface area (TPSA) is 53.0 Å². The molecule has 3 aliphatic rings. The van der Waals surface area contributed by atoms with Crippen molar-refractivity contribution in [3.05, 3.63) is 29.3 Å². The minimum Gasteiger partial charge on any atom is -0.315 e. The Hall–Kier alpha value is -2.17. The third-order valence-electron chi connectivity index (χ3n) is 5.05. The fourth-order valence-corrected chi connectivity index (χ4v) is 3.67. The van der Waals surface area contributed by atoms with Gasteiger partial charge in [0.2, 0.25) is 11.8 Å². The lowest BCUT2D eigenvalue weighted by Crippen LogP contribution is -2.37. The Morgan fingerprint density at radius 2 is 1.91 bits per heavy atom. The van der Waals surface area contributed by atoms with Gasteiger partial charge in [-0.15, -0.1) is 0 Å². The van der Waals surface area contributed by atoms with E-state index in [-0.39, 0.29) is 29.6 Å². The van der Waals surface area contributed by atoms with Crippen LogP contribution in [0.25, 0.3) is 0 Å². The zero-order chi connectivity index (χ0) is 15.6. The molecule has 0 bridgehead atoms. The number of rotatable bonds is 1. The van der Waals surface area contributed by atoms with Gasteiger partial charge in [-0.3, -0.25) is 9.59 Å². The van der Waals surface area contributed by atoms with Gasteiger partial charge >= 0.3 is 0 Å². The molecule has 5 heteroatoms. The lowest BCUT2D eigenvalue weighted by molar-refractivity contribution is -0.132. The predicted molar refractivity (Wildman–Crippen MR) is 83.6 cm³/mol. The van der Waals surface area contributed by atoms with E-state index in [9.17, 15) is 9.59 Å². The summed E-state index contributed by atoms with van der Waals surface area (Å²) in [6, 6.07) is 6.17. The standard InChI is InChI=1S/C17H19N3O2/c1-9-6-11-7-10(4-5-14(11)19(2)16(9)21)15-12-8-13(12)17(22)20(3)18-15/h4-5,7,9,12-13H,6,8H2,1-3H3. The van der Waals surface area contributed by atoms with Crippen molar-refractivity contribution in [3.63, 3.8) is 0 Å². The molecule has 114 valence electrons. The summed E-state index contributed by atoms with van der Waals surface area (Å²) in [5.74, 6) is 0.714. The van der Waals surface area contributed by atoms with Gasteiger partial charge in [0.25, 0.3) is 0 Å². The molecule has 2 heterocycles.